The highest BCUT2D eigenvalue weighted by Gasteiger charge is 2.67. The van der Waals surface area contributed by atoms with Gasteiger partial charge in [-0.05, 0) is 124 Å². The monoisotopic (exact) mass is 713 g/mol. The van der Waals surface area contributed by atoms with E-state index in [4.69, 9.17) is 9.72 Å². The van der Waals surface area contributed by atoms with Gasteiger partial charge in [0.05, 0.1) is 29.3 Å². The zero-order valence-electron chi connectivity index (χ0n) is 33.0. The second-order valence-corrected chi connectivity index (χ2v) is 17.9. The number of esters is 1. The van der Waals surface area contributed by atoms with Gasteiger partial charge in [0.2, 0.25) is 11.7 Å². The smallest absolute Gasteiger partial charge is 0.336 e. The molecule has 3 fully saturated rings. The molecule has 1 amide bonds. The Kier molecular flexibility index (Phi) is 8.98. The highest BCUT2D eigenvalue weighted by molar-refractivity contribution is 6.08. The molecule has 5 aliphatic rings. The van der Waals surface area contributed by atoms with E-state index in [9.17, 15) is 14.4 Å². The summed E-state index contributed by atoms with van der Waals surface area (Å²) in [5.41, 5.74) is 7.69. The standard InChI is InChI=1S/C46H55N3O4/c1-28-33-16-17-37-44(7,34(33)25-36(50)40(28)53-39(51)18-15-32-13-11-10-12-14-32)22-24-46(9)38-26-43(6,20-19-42(38,5)21-23-45(37,46)8)41(52)47-27-35-31(4)48-29(2)30(3)49-35/h10-18,25,38H,19-24,26-27H2,1-9H3,(H,47,52). The molecule has 3 saturated carbocycles. The first-order valence-corrected chi connectivity index (χ1v) is 19.4. The van der Waals surface area contributed by atoms with Crippen molar-refractivity contribution in [2.24, 2.45) is 33.0 Å². The van der Waals surface area contributed by atoms with Crippen LogP contribution in [-0.2, 0) is 25.7 Å². The average Bonchev–Trinajstić information content (AvgIpc) is 3.12. The Hall–Kier alpha value is -4.39. The molecule has 7 nitrogen and oxygen atoms in total. The van der Waals surface area contributed by atoms with E-state index in [-0.39, 0.29) is 39.1 Å². The molecule has 1 aromatic carbocycles. The Morgan fingerprint density at radius 1 is 0.868 bits per heavy atom. The van der Waals surface area contributed by atoms with E-state index in [0.29, 0.717) is 18.0 Å². The predicted octanol–water partition coefficient (Wildman–Crippen LogP) is 9.34. The summed E-state index contributed by atoms with van der Waals surface area (Å²) < 4.78 is 5.70. The molecule has 6 atom stereocenters. The first kappa shape index (κ1) is 36.9. The number of rotatable bonds is 6. The number of carbonyl (C=O) groups excluding carboxylic acids is 3. The van der Waals surface area contributed by atoms with Gasteiger partial charge in [-0.15, -0.1) is 0 Å². The molecule has 0 bridgehead atoms. The summed E-state index contributed by atoms with van der Waals surface area (Å²) in [6.07, 6.45) is 16.1. The van der Waals surface area contributed by atoms with Crippen molar-refractivity contribution in [2.75, 3.05) is 0 Å². The highest BCUT2D eigenvalue weighted by Crippen LogP contribution is 2.75. The molecular formula is C46H55N3O4. The molecule has 278 valence electrons. The maximum absolute atomic E-state index is 14.1. The third kappa shape index (κ3) is 5.90. The van der Waals surface area contributed by atoms with Gasteiger partial charge < -0.3 is 10.1 Å². The van der Waals surface area contributed by atoms with Crippen LogP contribution in [0.4, 0.5) is 0 Å². The van der Waals surface area contributed by atoms with E-state index >= 15 is 0 Å². The summed E-state index contributed by atoms with van der Waals surface area (Å²) in [4.78, 5) is 50.1. The summed E-state index contributed by atoms with van der Waals surface area (Å²) in [7, 11) is 0. The van der Waals surface area contributed by atoms with Gasteiger partial charge in [0.15, 0.2) is 5.76 Å². The van der Waals surface area contributed by atoms with Crippen molar-refractivity contribution >= 4 is 23.7 Å². The van der Waals surface area contributed by atoms with Crippen LogP contribution in [0.5, 0.6) is 0 Å². The SMILES string of the molecule is CC1=C(OC(=O)C=Cc2ccccc2)C(=O)C=C2C1=CC=C1C2(C)CCC2(C)C3CC(C)(C(=O)NCc4nc(C)c(C)nc4C)CCC3(C)CCC12C. The number of amides is 1. The average molecular weight is 714 g/mol. The lowest BCUT2D eigenvalue weighted by molar-refractivity contribution is -0.169. The maximum atomic E-state index is 14.1. The van der Waals surface area contributed by atoms with Crippen LogP contribution in [0.2, 0.25) is 0 Å². The van der Waals surface area contributed by atoms with E-state index in [1.165, 1.54) is 11.6 Å². The van der Waals surface area contributed by atoms with Crippen LogP contribution >= 0.6 is 0 Å². The van der Waals surface area contributed by atoms with Crippen LogP contribution in [0, 0.1) is 53.8 Å². The number of allylic oxidation sites excluding steroid dienone is 7. The van der Waals surface area contributed by atoms with Crippen molar-refractivity contribution in [1.29, 1.82) is 0 Å². The van der Waals surface area contributed by atoms with Crippen molar-refractivity contribution in [3.05, 3.63) is 111 Å². The van der Waals surface area contributed by atoms with Gasteiger partial charge in [-0.1, -0.05) is 82.7 Å². The minimum atomic E-state index is -0.569. The first-order valence-electron chi connectivity index (χ1n) is 19.4. The van der Waals surface area contributed by atoms with Gasteiger partial charge >= 0.3 is 5.97 Å². The fourth-order valence-electron chi connectivity index (χ4n) is 11.0. The number of aromatic nitrogens is 2. The van der Waals surface area contributed by atoms with E-state index < -0.39 is 11.4 Å². The fraction of sp³-hybridized carbons (Fsp3) is 0.500. The third-order valence-electron chi connectivity index (χ3n) is 14.8. The molecule has 53 heavy (non-hydrogen) atoms. The van der Waals surface area contributed by atoms with E-state index in [2.05, 4.69) is 57.1 Å². The minimum absolute atomic E-state index is 0.0370. The molecule has 1 heterocycles. The van der Waals surface area contributed by atoms with Gasteiger partial charge in [-0.3, -0.25) is 19.6 Å². The Morgan fingerprint density at radius 3 is 2.30 bits per heavy atom. The number of nitrogens with zero attached hydrogens (tertiary/aromatic N) is 2. The molecule has 0 aliphatic heterocycles. The van der Waals surface area contributed by atoms with Crippen molar-refractivity contribution in [3.8, 4) is 0 Å². The van der Waals surface area contributed by atoms with E-state index in [1.807, 2.05) is 58.0 Å². The Bertz CT molecular complexity index is 2070. The molecular weight excluding hydrogens is 659 g/mol. The molecule has 0 spiro atoms. The maximum Gasteiger partial charge on any atom is 0.336 e. The van der Waals surface area contributed by atoms with E-state index in [0.717, 1.165) is 84.4 Å². The summed E-state index contributed by atoms with van der Waals surface area (Å²) in [5.74, 6) is -0.260. The highest BCUT2D eigenvalue weighted by atomic mass is 16.5. The summed E-state index contributed by atoms with van der Waals surface area (Å²) in [5, 5.41) is 3.28. The summed E-state index contributed by atoms with van der Waals surface area (Å²) >= 11 is 0. The lowest BCUT2D eigenvalue weighted by Crippen LogP contribution is -2.62. The van der Waals surface area contributed by atoms with Crippen molar-refractivity contribution in [1.82, 2.24) is 15.3 Å². The van der Waals surface area contributed by atoms with Gasteiger partial charge in [0, 0.05) is 22.5 Å². The number of fused-ring (bicyclic) bond motifs is 7. The molecule has 6 unspecified atom stereocenters. The second-order valence-electron chi connectivity index (χ2n) is 17.9. The van der Waals surface area contributed by atoms with Crippen molar-refractivity contribution < 1.29 is 19.1 Å². The number of hydrogen-bond acceptors (Lipinski definition) is 6. The summed E-state index contributed by atoms with van der Waals surface area (Å²) in [6.45, 7) is 20.1. The van der Waals surface area contributed by atoms with Crippen molar-refractivity contribution in [2.45, 2.75) is 114 Å². The number of benzene rings is 1. The van der Waals surface area contributed by atoms with Crippen LogP contribution in [0.3, 0.4) is 0 Å². The quantitative estimate of drug-likeness (QED) is 0.237. The zero-order chi connectivity index (χ0) is 38.1. The molecule has 0 saturated heterocycles. The normalized spacial score (nSPS) is 33.5. The molecule has 5 aliphatic carbocycles. The molecule has 1 aromatic heterocycles. The van der Waals surface area contributed by atoms with Gasteiger partial charge in [0.25, 0.3) is 0 Å². The Balaban J connectivity index is 1.15. The fourth-order valence-corrected chi connectivity index (χ4v) is 11.0. The lowest BCUT2D eigenvalue weighted by Gasteiger charge is -2.70. The predicted molar refractivity (Wildman–Crippen MR) is 208 cm³/mol. The van der Waals surface area contributed by atoms with Gasteiger partial charge in [-0.2, -0.15) is 0 Å². The zero-order valence-corrected chi connectivity index (χ0v) is 33.0. The second kappa shape index (κ2) is 12.9. The Morgan fingerprint density at radius 2 is 1.57 bits per heavy atom. The van der Waals surface area contributed by atoms with E-state index in [1.54, 1.807) is 12.2 Å². The topological polar surface area (TPSA) is 98.2 Å². The Labute approximate surface area is 315 Å². The molecule has 1 N–H and O–H groups in total. The first-order chi connectivity index (χ1) is 24.9. The van der Waals surface area contributed by atoms with Gasteiger partial charge in [0.1, 0.15) is 0 Å². The molecule has 7 heteroatoms. The van der Waals surface area contributed by atoms with Crippen LogP contribution in [0.25, 0.3) is 6.08 Å². The number of ketones is 1. The number of ether oxygens (including phenoxy) is 1. The number of hydrogen-bond donors (Lipinski definition) is 1. The number of aryl methyl sites for hydroxylation is 3. The number of nitrogens with one attached hydrogen (secondary N) is 1. The van der Waals surface area contributed by atoms with Crippen LogP contribution in [0.15, 0.2) is 82.7 Å². The largest absolute Gasteiger partial charge is 0.419 e. The van der Waals surface area contributed by atoms with Crippen molar-refractivity contribution in [3.63, 3.8) is 0 Å². The molecule has 0 radical (unpaired) electrons. The van der Waals surface area contributed by atoms with Crippen LogP contribution < -0.4 is 5.32 Å². The third-order valence-corrected chi connectivity index (χ3v) is 14.8. The number of carbonyl (C=O) groups is 3. The van der Waals surface area contributed by atoms with Crippen LogP contribution in [-0.4, -0.2) is 27.6 Å². The minimum Gasteiger partial charge on any atom is -0.419 e. The molecule has 7 rings (SSSR count). The summed E-state index contributed by atoms with van der Waals surface area (Å²) in [6, 6.07) is 9.55. The van der Waals surface area contributed by atoms with Gasteiger partial charge in [-0.25, -0.2) is 4.79 Å². The van der Waals surface area contributed by atoms with Crippen LogP contribution in [0.1, 0.15) is 115 Å². The lowest BCUT2D eigenvalue weighted by atomic mass is 9.34. The molecule has 2 aromatic rings.